The molecule has 294 valence electrons. The van der Waals surface area contributed by atoms with Crippen molar-refractivity contribution in [1.29, 1.82) is 0 Å². The SMILES string of the molecule is C=C[C@@H]1C[C@]1(NC(=O)[C@@H]1C[C@@H](OC(=O)N2c3ccccc3Sc3ccccc32)CN1C(=O)[C@@H](CC(=O)N1CCCCC1)C(C)(C)C)C(=O)NS(=O)(=O)C1CC1. The first-order valence-corrected chi connectivity index (χ1v) is 21.4. The second-order valence-corrected chi connectivity index (χ2v) is 19.4. The number of rotatable bonds is 10. The van der Waals surface area contributed by atoms with Gasteiger partial charge >= 0.3 is 6.09 Å². The van der Waals surface area contributed by atoms with Crippen molar-refractivity contribution in [3.63, 3.8) is 0 Å². The summed E-state index contributed by atoms with van der Waals surface area (Å²) in [4.78, 5) is 76.8. The Hall–Kier alpha value is -4.37. The van der Waals surface area contributed by atoms with Gasteiger partial charge in [0.1, 0.15) is 17.7 Å². The number of piperidine rings is 1. The Morgan fingerprint density at radius 3 is 2.16 bits per heavy atom. The van der Waals surface area contributed by atoms with Crippen molar-refractivity contribution in [3.05, 3.63) is 61.2 Å². The largest absolute Gasteiger partial charge is 0.444 e. The molecule has 13 nitrogen and oxygen atoms in total. The topological polar surface area (TPSA) is 162 Å². The number of ether oxygens (including phenoxy) is 1. The van der Waals surface area contributed by atoms with Gasteiger partial charge in [-0.2, -0.15) is 0 Å². The molecule has 5 amide bonds. The van der Waals surface area contributed by atoms with E-state index in [0.29, 0.717) is 37.3 Å². The Bertz CT molecular complexity index is 1960. The van der Waals surface area contributed by atoms with Crippen molar-refractivity contribution in [3.8, 4) is 0 Å². The number of amides is 5. The molecule has 0 aromatic heterocycles. The van der Waals surface area contributed by atoms with Gasteiger partial charge in [-0.25, -0.2) is 18.1 Å². The predicted octanol–water partition coefficient (Wildman–Crippen LogP) is 5.13. The quantitative estimate of drug-likeness (QED) is 0.311. The van der Waals surface area contributed by atoms with Gasteiger partial charge in [-0.15, -0.1) is 6.58 Å². The molecule has 2 N–H and O–H groups in total. The average molecular weight is 792 g/mol. The van der Waals surface area contributed by atoms with E-state index in [9.17, 15) is 32.4 Å². The summed E-state index contributed by atoms with van der Waals surface area (Å²) >= 11 is 1.54. The van der Waals surface area contributed by atoms with Crippen molar-refractivity contribution in [2.75, 3.05) is 24.5 Å². The van der Waals surface area contributed by atoms with Crippen LogP contribution in [0.25, 0.3) is 0 Å². The molecular weight excluding hydrogens is 743 g/mol. The highest BCUT2D eigenvalue weighted by Gasteiger charge is 2.62. The number of fused-ring (bicyclic) bond motifs is 2. The number of sulfonamides is 1. The minimum absolute atomic E-state index is 0.0550. The van der Waals surface area contributed by atoms with Crippen molar-refractivity contribution in [2.24, 2.45) is 17.3 Å². The van der Waals surface area contributed by atoms with Crippen molar-refractivity contribution in [1.82, 2.24) is 19.8 Å². The third kappa shape index (κ3) is 7.87. The highest BCUT2D eigenvalue weighted by atomic mass is 32.2. The van der Waals surface area contributed by atoms with Crippen LogP contribution < -0.4 is 14.9 Å². The van der Waals surface area contributed by atoms with Gasteiger partial charge in [-0.3, -0.25) is 23.9 Å². The van der Waals surface area contributed by atoms with Crippen molar-refractivity contribution >= 4 is 62.9 Å². The maximum absolute atomic E-state index is 14.7. The zero-order chi connectivity index (χ0) is 39.3. The van der Waals surface area contributed by atoms with Crippen LogP contribution in [0.1, 0.15) is 72.1 Å². The lowest BCUT2D eigenvalue weighted by atomic mass is 9.77. The number of hydrogen-bond donors (Lipinski definition) is 2. The lowest BCUT2D eigenvalue weighted by molar-refractivity contribution is -0.148. The summed E-state index contributed by atoms with van der Waals surface area (Å²) in [5.41, 5.74) is -0.978. The summed E-state index contributed by atoms with van der Waals surface area (Å²) in [7, 11) is -3.91. The molecule has 3 heterocycles. The van der Waals surface area contributed by atoms with E-state index in [1.54, 1.807) is 4.90 Å². The molecule has 2 aromatic carbocycles. The number of para-hydroxylation sites is 2. The van der Waals surface area contributed by atoms with E-state index in [4.69, 9.17) is 4.74 Å². The number of carbonyl (C=O) groups excluding carboxylic acids is 5. The second-order valence-electron chi connectivity index (χ2n) is 16.4. The van der Waals surface area contributed by atoms with Gasteiger partial charge in [-0.05, 0) is 68.2 Å². The summed E-state index contributed by atoms with van der Waals surface area (Å²) in [5.74, 6) is -3.45. The zero-order valence-corrected chi connectivity index (χ0v) is 33.1. The molecule has 4 fully saturated rings. The molecule has 15 heteroatoms. The van der Waals surface area contributed by atoms with E-state index in [2.05, 4.69) is 16.6 Å². The first-order valence-electron chi connectivity index (χ1n) is 19.1. The van der Waals surface area contributed by atoms with Crippen LogP contribution in [0.5, 0.6) is 0 Å². The molecule has 5 aliphatic rings. The molecule has 3 aliphatic heterocycles. The lowest BCUT2D eigenvalue weighted by Gasteiger charge is -2.36. The Morgan fingerprint density at radius 2 is 1.60 bits per heavy atom. The fourth-order valence-electron chi connectivity index (χ4n) is 7.90. The van der Waals surface area contributed by atoms with Crippen LogP contribution in [-0.2, 0) is 33.9 Å². The van der Waals surface area contributed by atoms with Crippen molar-refractivity contribution < 1.29 is 37.1 Å². The van der Waals surface area contributed by atoms with Gasteiger partial charge in [-0.1, -0.05) is 62.9 Å². The number of hydrogen-bond acceptors (Lipinski definition) is 9. The molecule has 2 aromatic rings. The first-order chi connectivity index (χ1) is 26.1. The van der Waals surface area contributed by atoms with Gasteiger partial charge in [0.05, 0.1) is 29.1 Å². The van der Waals surface area contributed by atoms with E-state index >= 15 is 0 Å². The normalized spacial score (nSPS) is 25.2. The number of anilines is 2. The minimum Gasteiger partial charge on any atom is -0.444 e. The lowest BCUT2D eigenvalue weighted by Crippen LogP contribution is -2.57. The maximum Gasteiger partial charge on any atom is 0.419 e. The smallest absolute Gasteiger partial charge is 0.419 e. The standard InChI is InChI=1S/C40H49N5O8S2/c1-5-25-23-40(25,37(49)42-55(51,52)27-17-18-27)41-35(47)31-21-26(24-44(31)36(48)28(39(2,3)4)22-34(46)43-19-11-6-12-20-43)53-38(50)45-29-13-7-9-15-32(29)54-33-16-10-8-14-30(33)45/h5,7-10,13-16,25-28,31H,1,6,11-12,17-24H2,2-4H3,(H,41,47)(H,42,49)/t25-,26-,28-,31+,40-/m1/s1. The summed E-state index contributed by atoms with van der Waals surface area (Å²) in [5, 5.41) is 2.15. The van der Waals surface area contributed by atoms with Crippen LogP contribution in [0.2, 0.25) is 0 Å². The van der Waals surface area contributed by atoms with Gasteiger partial charge in [0.25, 0.3) is 5.91 Å². The molecule has 55 heavy (non-hydrogen) atoms. The molecule has 0 bridgehead atoms. The van der Waals surface area contributed by atoms with Crippen LogP contribution in [0.15, 0.2) is 71.0 Å². The number of likely N-dealkylation sites (tertiary alicyclic amines) is 2. The van der Waals surface area contributed by atoms with E-state index in [-0.39, 0.29) is 31.7 Å². The number of nitrogens with one attached hydrogen (secondary N) is 2. The van der Waals surface area contributed by atoms with Gasteiger partial charge in [0, 0.05) is 41.6 Å². The summed E-state index contributed by atoms with van der Waals surface area (Å²) < 4.78 is 33.8. The Labute approximate surface area is 326 Å². The molecule has 5 atom stereocenters. The van der Waals surface area contributed by atoms with Gasteiger partial charge < -0.3 is 19.9 Å². The van der Waals surface area contributed by atoms with Crippen LogP contribution in [0.4, 0.5) is 16.2 Å². The number of benzene rings is 2. The van der Waals surface area contributed by atoms with Gasteiger partial charge in [0.15, 0.2) is 0 Å². The predicted molar refractivity (Wildman–Crippen MR) is 207 cm³/mol. The summed E-state index contributed by atoms with van der Waals surface area (Å²) in [6.07, 6.45) is 3.64. The van der Waals surface area contributed by atoms with Crippen LogP contribution in [-0.4, -0.2) is 90.5 Å². The molecule has 2 aliphatic carbocycles. The van der Waals surface area contributed by atoms with Crippen LogP contribution in [0.3, 0.4) is 0 Å². The monoisotopic (exact) mass is 791 g/mol. The number of nitrogens with zero attached hydrogens (tertiary/aromatic N) is 3. The molecule has 0 radical (unpaired) electrons. The minimum atomic E-state index is -3.91. The Morgan fingerprint density at radius 1 is 0.982 bits per heavy atom. The van der Waals surface area contributed by atoms with E-state index < -0.39 is 74.0 Å². The highest BCUT2D eigenvalue weighted by molar-refractivity contribution is 7.99. The van der Waals surface area contributed by atoms with Crippen LogP contribution >= 0.6 is 11.8 Å². The highest BCUT2D eigenvalue weighted by Crippen LogP contribution is 2.49. The van der Waals surface area contributed by atoms with E-state index in [1.165, 1.54) is 27.6 Å². The van der Waals surface area contributed by atoms with Crippen LogP contribution in [0, 0.1) is 17.3 Å². The third-order valence-electron chi connectivity index (χ3n) is 11.4. The van der Waals surface area contributed by atoms with Crippen molar-refractivity contribution in [2.45, 2.75) is 105 Å². The molecule has 2 saturated carbocycles. The first kappa shape index (κ1) is 38.9. The fraction of sp³-hybridized carbons (Fsp3) is 0.525. The maximum atomic E-state index is 14.7. The molecule has 0 spiro atoms. The summed E-state index contributed by atoms with van der Waals surface area (Å²) in [6.45, 7) is 10.6. The Balaban J connectivity index is 1.16. The third-order valence-corrected chi connectivity index (χ3v) is 14.4. The fourth-order valence-corrected chi connectivity index (χ4v) is 10.3. The molecule has 0 unspecified atom stereocenters. The van der Waals surface area contributed by atoms with E-state index in [1.807, 2.05) is 69.3 Å². The summed E-state index contributed by atoms with van der Waals surface area (Å²) in [6, 6.07) is 13.7. The molecule has 2 saturated heterocycles. The van der Waals surface area contributed by atoms with E-state index in [0.717, 1.165) is 29.1 Å². The Kier molecular flexibility index (Phi) is 10.6. The molecule has 7 rings (SSSR count). The average Bonchev–Trinajstić information content (AvgIpc) is 4.09. The number of carbonyl (C=O) groups is 5. The zero-order valence-electron chi connectivity index (χ0n) is 31.5. The molecular formula is C40H49N5O8S2. The second kappa shape index (κ2) is 14.9. The van der Waals surface area contributed by atoms with Gasteiger partial charge in [0.2, 0.25) is 27.7 Å².